The Bertz CT molecular complexity index is 1480. The number of alkyl halides is 2. The Balaban J connectivity index is 1.68. The lowest BCUT2D eigenvalue weighted by molar-refractivity contribution is -0.00156. The molecular weight excluding hydrogens is 528 g/mol. The highest BCUT2D eigenvalue weighted by molar-refractivity contribution is 7.88. The fourth-order valence-corrected chi connectivity index (χ4v) is 7.02. The van der Waals surface area contributed by atoms with E-state index in [0.29, 0.717) is 53.4 Å². The summed E-state index contributed by atoms with van der Waals surface area (Å²) in [6, 6.07) is 4.46. The quantitative estimate of drug-likeness (QED) is 0.362. The SMILES string of the molecule is Cc1nc(N[C@H](C)c2cccc(C(F)(F)CNS(C)(=O)=O)c2F)c2cc(P3(=O)CCNCC3)ncc2n1. The number of halogens is 3. The van der Waals surface area contributed by atoms with E-state index in [1.807, 2.05) is 0 Å². The van der Waals surface area contributed by atoms with Crippen molar-refractivity contribution in [3.8, 4) is 0 Å². The maximum atomic E-state index is 15.3. The van der Waals surface area contributed by atoms with E-state index < -0.39 is 47.1 Å². The van der Waals surface area contributed by atoms with Crippen molar-refractivity contribution in [3.63, 3.8) is 0 Å². The van der Waals surface area contributed by atoms with Crippen LogP contribution in [0.4, 0.5) is 19.0 Å². The van der Waals surface area contributed by atoms with Gasteiger partial charge in [0.15, 0.2) is 0 Å². The maximum Gasteiger partial charge on any atom is 0.289 e. The topological polar surface area (TPSA) is 126 Å². The monoisotopic (exact) mass is 556 g/mol. The van der Waals surface area contributed by atoms with Crippen LogP contribution >= 0.6 is 7.14 Å². The van der Waals surface area contributed by atoms with Crippen LogP contribution in [0.25, 0.3) is 10.9 Å². The summed E-state index contributed by atoms with van der Waals surface area (Å²) in [6.07, 6.45) is 3.25. The van der Waals surface area contributed by atoms with Gasteiger partial charge >= 0.3 is 0 Å². The Hall–Kier alpha value is -2.60. The van der Waals surface area contributed by atoms with Crippen LogP contribution in [-0.4, -0.2) is 61.6 Å². The van der Waals surface area contributed by atoms with Gasteiger partial charge in [0.1, 0.15) is 30.0 Å². The second kappa shape index (κ2) is 10.3. The molecule has 1 fully saturated rings. The second-order valence-corrected chi connectivity index (χ2v) is 14.1. The molecule has 0 aliphatic carbocycles. The molecule has 1 aromatic carbocycles. The van der Waals surface area contributed by atoms with Crippen LogP contribution in [-0.2, 0) is 20.5 Å². The summed E-state index contributed by atoms with van der Waals surface area (Å²) in [5, 5.41) is 6.81. The molecule has 200 valence electrons. The van der Waals surface area contributed by atoms with E-state index in [0.717, 1.165) is 12.3 Å². The van der Waals surface area contributed by atoms with Gasteiger partial charge in [-0.3, -0.25) is 4.98 Å². The summed E-state index contributed by atoms with van der Waals surface area (Å²) in [7, 11) is -6.59. The van der Waals surface area contributed by atoms with Crippen molar-refractivity contribution in [1.29, 1.82) is 0 Å². The molecule has 37 heavy (non-hydrogen) atoms. The minimum Gasteiger partial charge on any atom is -0.363 e. The van der Waals surface area contributed by atoms with Crippen LogP contribution in [0.1, 0.15) is 29.9 Å². The minimum absolute atomic E-state index is 0.0543. The lowest BCUT2D eigenvalue weighted by atomic mass is 10.00. The predicted molar refractivity (Wildman–Crippen MR) is 137 cm³/mol. The average molecular weight is 557 g/mol. The van der Waals surface area contributed by atoms with Gasteiger partial charge in [-0.1, -0.05) is 18.2 Å². The number of aryl methyl sites for hydroxylation is 1. The lowest BCUT2D eigenvalue weighted by Gasteiger charge is -2.24. The Morgan fingerprint density at radius 3 is 2.59 bits per heavy atom. The summed E-state index contributed by atoms with van der Waals surface area (Å²) in [5.74, 6) is -4.18. The number of aromatic nitrogens is 3. The molecule has 1 aliphatic heterocycles. The molecule has 0 radical (unpaired) electrons. The second-order valence-electron chi connectivity index (χ2n) is 9.14. The van der Waals surface area contributed by atoms with Gasteiger partial charge < -0.3 is 15.2 Å². The first-order valence-electron chi connectivity index (χ1n) is 11.6. The molecule has 3 heterocycles. The number of nitrogens with one attached hydrogen (secondary N) is 3. The molecule has 1 saturated heterocycles. The lowest BCUT2D eigenvalue weighted by Crippen LogP contribution is -2.35. The number of hydrogen-bond donors (Lipinski definition) is 3. The Labute approximate surface area is 213 Å². The van der Waals surface area contributed by atoms with E-state index in [-0.39, 0.29) is 5.56 Å². The molecule has 14 heteroatoms. The van der Waals surface area contributed by atoms with E-state index in [1.54, 1.807) is 24.6 Å². The zero-order valence-corrected chi connectivity index (χ0v) is 22.3. The molecule has 3 N–H and O–H groups in total. The Morgan fingerprint density at radius 2 is 1.92 bits per heavy atom. The van der Waals surface area contributed by atoms with Crippen molar-refractivity contribution in [2.75, 3.05) is 43.5 Å². The zero-order chi connectivity index (χ0) is 27.0. The number of nitrogens with zero attached hydrogens (tertiary/aromatic N) is 3. The van der Waals surface area contributed by atoms with Crippen molar-refractivity contribution in [1.82, 2.24) is 25.0 Å². The maximum absolute atomic E-state index is 15.3. The zero-order valence-electron chi connectivity index (χ0n) is 20.6. The fraction of sp³-hybridized carbons (Fsp3) is 0.435. The van der Waals surface area contributed by atoms with Gasteiger partial charge in [0.2, 0.25) is 10.0 Å². The third-order valence-electron chi connectivity index (χ3n) is 6.20. The summed E-state index contributed by atoms with van der Waals surface area (Å²) in [4.78, 5) is 13.2. The van der Waals surface area contributed by atoms with Gasteiger partial charge in [0, 0.05) is 36.4 Å². The van der Waals surface area contributed by atoms with Gasteiger partial charge in [-0.25, -0.2) is 27.5 Å². The van der Waals surface area contributed by atoms with E-state index in [4.69, 9.17) is 0 Å². The summed E-state index contributed by atoms with van der Waals surface area (Å²) >= 11 is 0. The highest BCUT2D eigenvalue weighted by Crippen LogP contribution is 2.44. The number of anilines is 1. The highest BCUT2D eigenvalue weighted by Gasteiger charge is 2.36. The molecule has 0 bridgehead atoms. The number of rotatable bonds is 8. The van der Waals surface area contributed by atoms with E-state index in [1.165, 1.54) is 18.3 Å². The number of benzene rings is 1. The van der Waals surface area contributed by atoms with Crippen LogP contribution in [0.3, 0.4) is 0 Å². The third kappa shape index (κ3) is 6.11. The highest BCUT2D eigenvalue weighted by atomic mass is 32.2. The van der Waals surface area contributed by atoms with E-state index >= 15 is 4.39 Å². The van der Waals surface area contributed by atoms with Crippen molar-refractivity contribution in [2.45, 2.75) is 25.8 Å². The van der Waals surface area contributed by atoms with Gasteiger partial charge in [-0.2, -0.15) is 8.78 Å². The fourth-order valence-electron chi connectivity index (χ4n) is 4.22. The summed E-state index contributed by atoms with van der Waals surface area (Å²) in [5.41, 5.74) is -0.00784. The number of pyridine rings is 1. The molecule has 1 aliphatic rings. The van der Waals surface area contributed by atoms with E-state index in [9.17, 15) is 21.8 Å². The summed E-state index contributed by atoms with van der Waals surface area (Å²) in [6.45, 7) is 3.26. The predicted octanol–water partition coefficient (Wildman–Crippen LogP) is 2.88. The molecule has 1 atom stereocenters. The molecule has 0 spiro atoms. The smallest absolute Gasteiger partial charge is 0.289 e. The summed E-state index contributed by atoms with van der Waals surface area (Å²) < 4.78 is 82.4. The van der Waals surface area contributed by atoms with Gasteiger partial charge in [0.05, 0.1) is 36.1 Å². The molecule has 4 rings (SSSR count). The van der Waals surface area contributed by atoms with Crippen molar-refractivity contribution >= 4 is 39.3 Å². The molecule has 3 aromatic rings. The van der Waals surface area contributed by atoms with Gasteiger partial charge in [-0.05, 0) is 19.9 Å². The van der Waals surface area contributed by atoms with Crippen LogP contribution in [0.2, 0.25) is 0 Å². The molecular formula is C23H28F3N6O3PS. The van der Waals surface area contributed by atoms with Gasteiger partial charge in [0.25, 0.3) is 5.92 Å². The van der Waals surface area contributed by atoms with Crippen molar-refractivity contribution in [2.24, 2.45) is 0 Å². The average Bonchev–Trinajstić information content (AvgIpc) is 2.82. The van der Waals surface area contributed by atoms with Crippen LogP contribution in [0, 0.1) is 12.7 Å². The Kier molecular flexibility index (Phi) is 7.62. The van der Waals surface area contributed by atoms with E-state index in [2.05, 4.69) is 25.6 Å². The molecule has 0 amide bonds. The number of fused-ring (bicyclic) bond motifs is 1. The Morgan fingerprint density at radius 1 is 1.22 bits per heavy atom. The van der Waals surface area contributed by atoms with Crippen LogP contribution < -0.4 is 20.8 Å². The van der Waals surface area contributed by atoms with Crippen LogP contribution in [0.5, 0.6) is 0 Å². The minimum atomic E-state index is -3.89. The first-order valence-corrected chi connectivity index (χ1v) is 15.6. The number of hydrogen-bond acceptors (Lipinski definition) is 8. The standard InChI is InChI=1S/C23H28F3N6O3PS/c1-14(16-5-4-6-18(21(16)24)23(25,26)13-29-37(3,34)35)30-22-17-11-20(36(33)9-7-27-8-10-36)28-12-19(17)31-15(2)32-22/h4-6,11-12,14,27,29H,7-10,13H2,1-3H3,(H,30,31,32)/t14-/m1/s1. The molecule has 2 aromatic heterocycles. The van der Waals surface area contributed by atoms with Gasteiger partial charge in [-0.15, -0.1) is 0 Å². The molecule has 0 unspecified atom stereocenters. The first-order chi connectivity index (χ1) is 17.3. The normalized spacial score (nSPS) is 17.0. The molecule has 0 saturated carbocycles. The van der Waals surface area contributed by atoms with Crippen molar-refractivity contribution < 1.29 is 26.2 Å². The first kappa shape index (κ1) is 27.4. The van der Waals surface area contributed by atoms with Crippen molar-refractivity contribution in [3.05, 3.63) is 53.2 Å². The largest absolute Gasteiger partial charge is 0.363 e. The molecule has 9 nitrogen and oxygen atoms in total. The number of sulfonamides is 1. The third-order valence-corrected chi connectivity index (χ3v) is 9.84. The van der Waals surface area contributed by atoms with Crippen LogP contribution in [0.15, 0.2) is 30.5 Å².